The molecular weight excluding hydrogens is 174 g/mol. The summed E-state index contributed by atoms with van der Waals surface area (Å²) in [5, 5.41) is 0. The molecule has 2 heteroatoms. The van der Waals surface area contributed by atoms with E-state index in [0.29, 0.717) is 12.0 Å². The van der Waals surface area contributed by atoms with Crippen LogP contribution >= 0.6 is 0 Å². The zero-order chi connectivity index (χ0) is 10.6. The highest BCUT2D eigenvalue weighted by Gasteiger charge is 2.30. The zero-order valence-corrected chi connectivity index (χ0v) is 9.83. The molecule has 4 unspecified atom stereocenters. The molecular formula is C12H25NO. The quantitative estimate of drug-likeness (QED) is 0.738. The van der Waals surface area contributed by atoms with Crippen molar-refractivity contribution >= 4 is 0 Å². The lowest BCUT2D eigenvalue weighted by Gasteiger charge is -2.24. The fourth-order valence-corrected chi connectivity index (χ4v) is 2.47. The van der Waals surface area contributed by atoms with E-state index in [-0.39, 0.29) is 6.04 Å². The van der Waals surface area contributed by atoms with Gasteiger partial charge in [-0.2, -0.15) is 0 Å². The Balaban J connectivity index is 2.29. The summed E-state index contributed by atoms with van der Waals surface area (Å²) in [5.41, 5.74) is 6.18. The first-order valence-electron chi connectivity index (χ1n) is 6.02. The summed E-state index contributed by atoms with van der Waals surface area (Å²) in [4.78, 5) is 0. The van der Waals surface area contributed by atoms with Crippen LogP contribution in [-0.2, 0) is 4.74 Å². The van der Waals surface area contributed by atoms with Crippen molar-refractivity contribution in [3.8, 4) is 0 Å². The predicted octanol–water partition coefficient (Wildman–Crippen LogP) is 2.57. The third-order valence-electron chi connectivity index (χ3n) is 3.32. The Hall–Kier alpha value is -0.0800. The second kappa shape index (κ2) is 5.72. The first-order chi connectivity index (χ1) is 6.65. The van der Waals surface area contributed by atoms with Crippen molar-refractivity contribution in [2.75, 3.05) is 6.61 Å². The lowest BCUT2D eigenvalue weighted by atomic mass is 9.90. The summed E-state index contributed by atoms with van der Waals surface area (Å²) in [7, 11) is 0. The van der Waals surface area contributed by atoms with Gasteiger partial charge in [0.2, 0.25) is 0 Å². The minimum absolute atomic E-state index is 0.244. The van der Waals surface area contributed by atoms with Gasteiger partial charge in [-0.05, 0) is 24.7 Å². The van der Waals surface area contributed by atoms with Crippen LogP contribution in [0.15, 0.2) is 0 Å². The van der Waals surface area contributed by atoms with Gasteiger partial charge in [0.25, 0.3) is 0 Å². The Bertz CT molecular complexity index is 160. The molecule has 14 heavy (non-hydrogen) atoms. The molecule has 1 aliphatic heterocycles. The van der Waals surface area contributed by atoms with Crippen LogP contribution in [0.5, 0.6) is 0 Å². The molecule has 0 amide bonds. The molecule has 0 aliphatic carbocycles. The van der Waals surface area contributed by atoms with Crippen molar-refractivity contribution < 1.29 is 4.74 Å². The molecule has 4 atom stereocenters. The third-order valence-corrected chi connectivity index (χ3v) is 3.32. The van der Waals surface area contributed by atoms with E-state index in [4.69, 9.17) is 10.5 Å². The Morgan fingerprint density at radius 3 is 2.71 bits per heavy atom. The first-order valence-corrected chi connectivity index (χ1v) is 6.02. The summed E-state index contributed by atoms with van der Waals surface area (Å²) >= 11 is 0. The van der Waals surface area contributed by atoms with E-state index in [1.165, 1.54) is 19.3 Å². The summed E-state index contributed by atoms with van der Waals surface area (Å²) in [6, 6.07) is 0.244. The lowest BCUT2D eigenvalue weighted by molar-refractivity contribution is 0.0655. The number of hydrogen-bond acceptors (Lipinski definition) is 2. The summed E-state index contributed by atoms with van der Waals surface area (Å²) in [6.45, 7) is 7.68. The Morgan fingerprint density at radius 2 is 2.21 bits per heavy atom. The highest BCUT2D eigenvalue weighted by Crippen LogP contribution is 2.25. The zero-order valence-electron chi connectivity index (χ0n) is 9.83. The largest absolute Gasteiger partial charge is 0.376 e. The lowest BCUT2D eigenvalue weighted by Crippen LogP contribution is -2.38. The standard InChI is InChI=1S/C12H25NO/c1-4-5-9(2)8-11(13)12-10(3)6-7-14-12/h9-12H,4-8,13H2,1-3H3. The van der Waals surface area contributed by atoms with E-state index in [0.717, 1.165) is 18.9 Å². The van der Waals surface area contributed by atoms with Crippen molar-refractivity contribution in [3.63, 3.8) is 0 Å². The molecule has 0 bridgehead atoms. The molecule has 1 fully saturated rings. The maximum atomic E-state index is 6.18. The van der Waals surface area contributed by atoms with Gasteiger partial charge >= 0.3 is 0 Å². The van der Waals surface area contributed by atoms with Crippen LogP contribution in [-0.4, -0.2) is 18.8 Å². The number of rotatable bonds is 5. The smallest absolute Gasteiger partial charge is 0.0752 e. The summed E-state index contributed by atoms with van der Waals surface area (Å²) in [6.07, 6.45) is 5.15. The third kappa shape index (κ3) is 3.25. The molecule has 1 aliphatic rings. The Kier molecular flexibility index (Phi) is 4.90. The Morgan fingerprint density at radius 1 is 1.50 bits per heavy atom. The van der Waals surface area contributed by atoms with Crippen molar-refractivity contribution in [1.82, 2.24) is 0 Å². The van der Waals surface area contributed by atoms with Crippen molar-refractivity contribution in [2.24, 2.45) is 17.6 Å². The van der Waals surface area contributed by atoms with Crippen molar-refractivity contribution in [2.45, 2.75) is 58.6 Å². The van der Waals surface area contributed by atoms with Gasteiger partial charge in [-0.1, -0.05) is 33.6 Å². The van der Waals surface area contributed by atoms with Crippen LogP contribution in [0.3, 0.4) is 0 Å². The number of hydrogen-bond donors (Lipinski definition) is 1. The van der Waals surface area contributed by atoms with Crippen molar-refractivity contribution in [3.05, 3.63) is 0 Å². The molecule has 0 aromatic heterocycles. The highest BCUT2D eigenvalue weighted by atomic mass is 16.5. The molecule has 1 heterocycles. The van der Waals surface area contributed by atoms with Crippen LogP contribution in [0.4, 0.5) is 0 Å². The minimum Gasteiger partial charge on any atom is -0.376 e. The van der Waals surface area contributed by atoms with E-state index < -0.39 is 0 Å². The highest BCUT2D eigenvalue weighted by molar-refractivity contribution is 4.83. The SMILES string of the molecule is CCCC(C)CC(N)C1OCCC1C. The van der Waals surface area contributed by atoms with Crippen molar-refractivity contribution in [1.29, 1.82) is 0 Å². The first kappa shape index (κ1) is 12.0. The topological polar surface area (TPSA) is 35.2 Å². The van der Waals surface area contributed by atoms with E-state index in [1.807, 2.05) is 0 Å². The van der Waals surface area contributed by atoms with Gasteiger partial charge in [-0.3, -0.25) is 0 Å². The monoisotopic (exact) mass is 199 g/mol. The van der Waals surface area contributed by atoms with E-state index in [9.17, 15) is 0 Å². The van der Waals surface area contributed by atoms with Gasteiger partial charge in [0.05, 0.1) is 6.10 Å². The predicted molar refractivity (Wildman–Crippen MR) is 60.2 cm³/mol. The Labute approximate surface area is 88.2 Å². The van der Waals surface area contributed by atoms with Gasteiger partial charge in [-0.15, -0.1) is 0 Å². The van der Waals surface area contributed by atoms with Gasteiger partial charge < -0.3 is 10.5 Å². The van der Waals surface area contributed by atoms with Crippen LogP contribution < -0.4 is 5.73 Å². The summed E-state index contributed by atoms with van der Waals surface area (Å²) < 4.78 is 5.68. The fraction of sp³-hybridized carbons (Fsp3) is 1.00. The molecule has 0 radical (unpaired) electrons. The van der Waals surface area contributed by atoms with E-state index >= 15 is 0 Å². The summed E-state index contributed by atoms with van der Waals surface area (Å²) in [5.74, 6) is 1.39. The molecule has 0 aromatic rings. The van der Waals surface area contributed by atoms with E-state index in [2.05, 4.69) is 20.8 Å². The molecule has 1 rings (SSSR count). The van der Waals surface area contributed by atoms with Crippen LogP contribution in [0.25, 0.3) is 0 Å². The normalized spacial score (nSPS) is 31.7. The maximum Gasteiger partial charge on any atom is 0.0752 e. The molecule has 0 spiro atoms. The number of nitrogens with two attached hydrogens (primary N) is 1. The van der Waals surface area contributed by atoms with Crippen LogP contribution in [0.2, 0.25) is 0 Å². The van der Waals surface area contributed by atoms with E-state index in [1.54, 1.807) is 0 Å². The molecule has 1 saturated heterocycles. The van der Waals surface area contributed by atoms with Crippen LogP contribution in [0, 0.1) is 11.8 Å². The second-order valence-corrected chi connectivity index (χ2v) is 4.89. The van der Waals surface area contributed by atoms with Gasteiger partial charge in [0.15, 0.2) is 0 Å². The molecule has 2 nitrogen and oxygen atoms in total. The average molecular weight is 199 g/mol. The van der Waals surface area contributed by atoms with Gasteiger partial charge in [0.1, 0.15) is 0 Å². The molecule has 84 valence electrons. The maximum absolute atomic E-state index is 6.18. The fourth-order valence-electron chi connectivity index (χ4n) is 2.47. The molecule has 0 saturated carbocycles. The second-order valence-electron chi connectivity index (χ2n) is 4.89. The van der Waals surface area contributed by atoms with Gasteiger partial charge in [-0.25, -0.2) is 0 Å². The molecule has 2 N–H and O–H groups in total. The average Bonchev–Trinajstić information content (AvgIpc) is 2.51. The molecule has 0 aromatic carbocycles. The van der Waals surface area contributed by atoms with Gasteiger partial charge in [0, 0.05) is 12.6 Å². The minimum atomic E-state index is 0.244. The number of ether oxygens (including phenoxy) is 1. The van der Waals surface area contributed by atoms with Crippen LogP contribution in [0.1, 0.15) is 46.5 Å².